The summed E-state index contributed by atoms with van der Waals surface area (Å²) in [4.78, 5) is 3.22. The Kier molecular flexibility index (Phi) is 3.54. The minimum Gasteiger partial charge on any atom is -0.364 e. The first-order valence-electron chi connectivity index (χ1n) is 5.27. The monoisotopic (exact) mass is 210 g/mol. The van der Waals surface area contributed by atoms with Crippen LogP contribution in [0.2, 0.25) is 0 Å². The van der Waals surface area contributed by atoms with Crippen LogP contribution in [-0.2, 0) is 6.54 Å². The molecule has 0 amide bonds. The quantitative estimate of drug-likeness (QED) is 0.798. The molecule has 1 aliphatic carbocycles. The highest BCUT2D eigenvalue weighted by atomic mass is 32.2. The molecule has 1 aliphatic rings. The molecule has 0 radical (unpaired) electrons. The summed E-state index contributed by atoms with van der Waals surface area (Å²) in [5, 5.41) is 4.49. The Morgan fingerprint density at radius 2 is 2.50 bits per heavy atom. The second-order valence-corrected chi connectivity index (χ2v) is 5.08. The van der Waals surface area contributed by atoms with Crippen molar-refractivity contribution in [1.29, 1.82) is 0 Å². The summed E-state index contributed by atoms with van der Waals surface area (Å²) in [6, 6.07) is 4.92. The van der Waals surface area contributed by atoms with Gasteiger partial charge in [-0.05, 0) is 37.7 Å². The van der Waals surface area contributed by atoms with E-state index in [1.54, 1.807) is 0 Å². The van der Waals surface area contributed by atoms with E-state index in [9.17, 15) is 0 Å². The zero-order valence-electron chi connectivity index (χ0n) is 8.62. The molecule has 0 spiro atoms. The third-order valence-corrected chi connectivity index (χ3v) is 4.06. The maximum absolute atomic E-state index is 3.60. The number of H-pyrrole nitrogens is 1. The lowest BCUT2D eigenvalue weighted by atomic mass is 10.2. The third kappa shape index (κ3) is 2.55. The second kappa shape index (κ2) is 4.89. The maximum Gasteiger partial charge on any atom is 0.0359 e. The van der Waals surface area contributed by atoms with Crippen LogP contribution < -0.4 is 5.32 Å². The van der Waals surface area contributed by atoms with Crippen molar-refractivity contribution in [3.8, 4) is 0 Å². The first-order valence-corrected chi connectivity index (χ1v) is 6.55. The molecule has 2 rings (SSSR count). The van der Waals surface area contributed by atoms with Crippen molar-refractivity contribution in [1.82, 2.24) is 10.3 Å². The van der Waals surface area contributed by atoms with Gasteiger partial charge in [0.05, 0.1) is 0 Å². The fourth-order valence-corrected chi connectivity index (χ4v) is 2.87. The zero-order chi connectivity index (χ0) is 9.80. The standard InChI is InChI=1S/C11H18N2S/c1-14-11-5-4-9(7-11)13-8-10-3-2-6-12-10/h2-3,6,9,11-13H,4-5,7-8H2,1H3. The van der Waals surface area contributed by atoms with Crippen LogP contribution in [0.25, 0.3) is 0 Å². The number of hydrogen-bond donors (Lipinski definition) is 2. The van der Waals surface area contributed by atoms with E-state index in [-0.39, 0.29) is 0 Å². The Morgan fingerprint density at radius 3 is 3.14 bits per heavy atom. The zero-order valence-corrected chi connectivity index (χ0v) is 9.44. The Morgan fingerprint density at radius 1 is 1.57 bits per heavy atom. The molecule has 1 heterocycles. The molecule has 78 valence electrons. The first kappa shape index (κ1) is 10.1. The molecular formula is C11H18N2S. The van der Waals surface area contributed by atoms with Crippen LogP contribution in [-0.4, -0.2) is 22.5 Å². The summed E-state index contributed by atoms with van der Waals surface area (Å²) in [6.07, 6.45) is 8.26. The van der Waals surface area contributed by atoms with Crippen molar-refractivity contribution in [2.24, 2.45) is 0 Å². The van der Waals surface area contributed by atoms with Crippen LogP contribution in [0.3, 0.4) is 0 Å². The molecule has 2 nitrogen and oxygen atoms in total. The average molecular weight is 210 g/mol. The van der Waals surface area contributed by atoms with Crippen LogP contribution in [0.1, 0.15) is 25.0 Å². The molecule has 2 N–H and O–H groups in total. The summed E-state index contributed by atoms with van der Waals surface area (Å²) in [5.41, 5.74) is 1.29. The van der Waals surface area contributed by atoms with Gasteiger partial charge < -0.3 is 10.3 Å². The van der Waals surface area contributed by atoms with Gasteiger partial charge in [0.1, 0.15) is 0 Å². The van der Waals surface area contributed by atoms with Crippen molar-refractivity contribution >= 4 is 11.8 Å². The summed E-state index contributed by atoms with van der Waals surface area (Å²) >= 11 is 2.01. The van der Waals surface area contributed by atoms with E-state index >= 15 is 0 Å². The van der Waals surface area contributed by atoms with Crippen LogP contribution >= 0.6 is 11.8 Å². The number of hydrogen-bond acceptors (Lipinski definition) is 2. The first-order chi connectivity index (χ1) is 6.88. The van der Waals surface area contributed by atoms with Gasteiger partial charge in [-0.2, -0.15) is 11.8 Å². The molecule has 0 saturated heterocycles. The number of nitrogens with one attached hydrogen (secondary N) is 2. The fraction of sp³-hybridized carbons (Fsp3) is 0.636. The predicted molar refractivity (Wildman–Crippen MR) is 62.6 cm³/mol. The van der Waals surface area contributed by atoms with Crippen LogP contribution in [0.15, 0.2) is 18.3 Å². The Bertz CT molecular complexity index is 258. The number of rotatable bonds is 4. The van der Waals surface area contributed by atoms with Gasteiger partial charge in [-0.1, -0.05) is 0 Å². The largest absolute Gasteiger partial charge is 0.364 e. The van der Waals surface area contributed by atoms with Crippen LogP contribution in [0.4, 0.5) is 0 Å². The van der Waals surface area contributed by atoms with Gasteiger partial charge in [-0.3, -0.25) is 0 Å². The summed E-state index contributed by atoms with van der Waals surface area (Å²) in [6.45, 7) is 0.985. The molecule has 2 atom stereocenters. The normalized spacial score (nSPS) is 26.9. The highest BCUT2D eigenvalue weighted by molar-refractivity contribution is 7.99. The molecule has 14 heavy (non-hydrogen) atoms. The molecule has 0 bridgehead atoms. The Labute approximate surface area is 89.9 Å². The van der Waals surface area contributed by atoms with Gasteiger partial charge in [0.15, 0.2) is 0 Å². The molecule has 2 unspecified atom stereocenters. The van der Waals surface area contributed by atoms with E-state index in [1.165, 1.54) is 25.0 Å². The molecule has 1 aromatic heterocycles. The highest BCUT2D eigenvalue weighted by Crippen LogP contribution is 2.28. The van der Waals surface area contributed by atoms with E-state index < -0.39 is 0 Å². The van der Waals surface area contributed by atoms with Crippen molar-refractivity contribution in [3.63, 3.8) is 0 Å². The van der Waals surface area contributed by atoms with E-state index in [1.807, 2.05) is 18.0 Å². The molecule has 1 saturated carbocycles. The molecule has 1 fully saturated rings. The lowest BCUT2D eigenvalue weighted by Gasteiger charge is -2.11. The van der Waals surface area contributed by atoms with Gasteiger partial charge in [0.25, 0.3) is 0 Å². The van der Waals surface area contributed by atoms with Gasteiger partial charge in [-0.25, -0.2) is 0 Å². The highest BCUT2D eigenvalue weighted by Gasteiger charge is 2.23. The summed E-state index contributed by atoms with van der Waals surface area (Å²) in [5.74, 6) is 0. The van der Waals surface area contributed by atoms with E-state index in [0.29, 0.717) is 0 Å². The number of thioether (sulfide) groups is 1. The Hall–Kier alpha value is -0.410. The second-order valence-electron chi connectivity index (χ2n) is 3.94. The van der Waals surface area contributed by atoms with Gasteiger partial charge in [0.2, 0.25) is 0 Å². The molecule has 0 aromatic carbocycles. The van der Waals surface area contributed by atoms with Crippen LogP contribution in [0, 0.1) is 0 Å². The molecule has 1 aromatic rings. The van der Waals surface area contributed by atoms with Gasteiger partial charge >= 0.3 is 0 Å². The summed E-state index contributed by atoms with van der Waals surface area (Å²) in [7, 11) is 0. The fourth-order valence-electron chi connectivity index (χ4n) is 2.07. The number of aromatic nitrogens is 1. The van der Waals surface area contributed by atoms with Crippen molar-refractivity contribution in [3.05, 3.63) is 24.0 Å². The van der Waals surface area contributed by atoms with Crippen molar-refractivity contribution < 1.29 is 0 Å². The topological polar surface area (TPSA) is 27.8 Å². The smallest absolute Gasteiger partial charge is 0.0359 e. The molecule has 3 heteroatoms. The summed E-state index contributed by atoms with van der Waals surface area (Å²) < 4.78 is 0. The molecular weight excluding hydrogens is 192 g/mol. The lowest BCUT2D eigenvalue weighted by molar-refractivity contribution is 0.521. The van der Waals surface area contributed by atoms with Crippen molar-refractivity contribution in [2.75, 3.05) is 6.26 Å². The van der Waals surface area contributed by atoms with E-state index in [0.717, 1.165) is 17.8 Å². The number of aromatic amines is 1. The van der Waals surface area contributed by atoms with Gasteiger partial charge in [0, 0.05) is 29.7 Å². The maximum atomic E-state index is 3.60. The SMILES string of the molecule is CSC1CCC(NCc2ccc[nH]2)C1. The Balaban J connectivity index is 1.72. The van der Waals surface area contributed by atoms with Crippen LogP contribution in [0.5, 0.6) is 0 Å². The average Bonchev–Trinajstić information content (AvgIpc) is 2.86. The predicted octanol–water partition coefficient (Wildman–Crippen LogP) is 2.39. The third-order valence-electron chi connectivity index (χ3n) is 2.96. The van der Waals surface area contributed by atoms with E-state index in [4.69, 9.17) is 0 Å². The molecule has 0 aliphatic heterocycles. The minimum absolute atomic E-state index is 0.732. The van der Waals surface area contributed by atoms with Crippen molar-refractivity contribution in [2.45, 2.75) is 37.1 Å². The minimum atomic E-state index is 0.732. The van der Waals surface area contributed by atoms with Gasteiger partial charge in [-0.15, -0.1) is 0 Å². The van der Waals surface area contributed by atoms with E-state index in [2.05, 4.69) is 28.7 Å². The lowest BCUT2D eigenvalue weighted by Crippen LogP contribution is -2.26.